The lowest BCUT2D eigenvalue weighted by atomic mass is 9.74. The summed E-state index contributed by atoms with van der Waals surface area (Å²) in [6.07, 6.45) is 23.6. The summed E-state index contributed by atoms with van der Waals surface area (Å²) in [6.45, 7) is 4.90. The predicted octanol–water partition coefficient (Wildman–Crippen LogP) is 7.57. The summed E-state index contributed by atoms with van der Waals surface area (Å²) in [4.78, 5) is 11.2. The van der Waals surface area contributed by atoms with Gasteiger partial charge in [-0.05, 0) is 49.4 Å². The molecular formula is C24H44O. The minimum Gasteiger partial charge on any atom is -0.303 e. The van der Waals surface area contributed by atoms with Crippen molar-refractivity contribution in [3.05, 3.63) is 0 Å². The van der Waals surface area contributed by atoms with Gasteiger partial charge < -0.3 is 4.79 Å². The molecule has 0 N–H and O–H groups in total. The summed E-state index contributed by atoms with van der Waals surface area (Å²) in [6, 6.07) is 0. The Kier molecular flexibility index (Phi) is 10.2. The molecule has 1 nitrogen and oxygen atoms in total. The van der Waals surface area contributed by atoms with E-state index in [0.29, 0.717) is 11.8 Å². The van der Waals surface area contributed by atoms with E-state index in [1.165, 1.54) is 103 Å². The predicted molar refractivity (Wildman–Crippen MR) is 109 cm³/mol. The summed E-state index contributed by atoms with van der Waals surface area (Å²) in [7, 11) is 0. The zero-order chi connectivity index (χ0) is 17.9. The number of carbonyl (C=O) groups is 1. The van der Waals surface area contributed by atoms with Crippen molar-refractivity contribution in [3.8, 4) is 0 Å². The SMILES string of the molecule is CC1CCC(CCCCCCCCCC2CCCCC2C=O)CC1C. The first-order valence-electron chi connectivity index (χ1n) is 11.7. The quantitative estimate of drug-likeness (QED) is 0.278. The van der Waals surface area contributed by atoms with Crippen LogP contribution in [0, 0.1) is 29.6 Å². The first-order valence-corrected chi connectivity index (χ1v) is 11.7. The van der Waals surface area contributed by atoms with Crippen molar-refractivity contribution in [1.82, 2.24) is 0 Å². The molecule has 146 valence electrons. The van der Waals surface area contributed by atoms with E-state index in [1.54, 1.807) is 0 Å². The van der Waals surface area contributed by atoms with Crippen LogP contribution in [0.25, 0.3) is 0 Å². The van der Waals surface area contributed by atoms with E-state index in [9.17, 15) is 4.79 Å². The molecule has 2 saturated carbocycles. The maximum absolute atomic E-state index is 11.2. The van der Waals surface area contributed by atoms with Crippen LogP contribution < -0.4 is 0 Å². The van der Waals surface area contributed by atoms with Crippen molar-refractivity contribution in [2.45, 2.75) is 117 Å². The van der Waals surface area contributed by atoms with Gasteiger partial charge in [-0.2, -0.15) is 0 Å². The van der Waals surface area contributed by atoms with Gasteiger partial charge in [-0.3, -0.25) is 0 Å². The zero-order valence-corrected chi connectivity index (χ0v) is 17.2. The summed E-state index contributed by atoms with van der Waals surface area (Å²) in [5, 5.41) is 0. The van der Waals surface area contributed by atoms with Gasteiger partial charge in [0.2, 0.25) is 0 Å². The highest BCUT2D eigenvalue weighted by Gasteiger charge is 2.24. The van der Waals surface area contributed by atoms with Crippen LogP contribution in [0.2, 0.25) is 0 Å². The summed E-state index contributed by atoms with van der Waals surface area (Å²) in [5.74, 6) is 4.06. The normalized spacial score (nSPS) is 33.3. The third kappa shape index (κ3) is 7.83. The Hall–Kier alpha value is -0.330. The third-order valence-electron chi connectivity index (χ3n) is 7.54. The van der Waals surface area contributed by atoms with Crippen LogP contribution in [0.15, 0.2) is 0 Å². The lowest BCUT2D eigenvalue weighted by Gasteiger charge is -2.32. The average molecular weight is 349 g/mol. The van der Waals surface area contributed by atoms with Gasteiger partial charge in [0.05, 0.1) is 0 Å². The minimum atomic E-state index is 0.388. The van der Waals surface area contributed by atoms with E-state index < -0.39 is 0 Å². The first-order chi connectivity index (χ1) is 12.2. The average Bonchev–Trinajstić information content (AvgIpc) is 2.63. The number of aldehydes is 1. The zero-order valence-electron chi connectivity index (χ0n) is 17.2. The van der Waals surface area contributed by atoms with Gasteiger partial charge in [0.15, 0.2) is 0 Å². The van der Waals surface area contributed by atoms with Crippen molar-refractivity contribution in [2.75, 3.05) is 0 Å². The van der Waals surface area contributed by atoms with E-state index in [4.69, 9.17) is 0 Å². The molecule has 0 aromatic carbocycles. The second-order valence-corrected chi connectivity index (χ2v) is 9.53. The molecule has 0 saturated heterocycles. The van der Waals surface area contributed by atoms with Gasteiger partial charge in [-0.15, -0.1) is 0 Å². The van der Waals surface area contributed by atoms with Crippen LogP contribution in [0.5, 0.6) is 0 Å². The van der Waals surface area contributed by atoms with E-state index in [2.05, 4.69) is 13.8 Å². The molecule has 0 spiro atoms. The molecule has 0 bridgehead atoms. The van der Waals surface area contributed by atoms with Crippen molar-refractivity contribution in [3.63, 3.8) is 0 Å². The van der Waals surface area contributed by atoms with Gasteiger partial charge in [0.1, 0.15) is 6.29 Å². The standard InChI is InChI=1S/C24H44O/c1-20-16-17-22(18-21(20)2)12-8-6-4-3-5-7-9-13-23-14-10-11-15-24(23)19-25/h19-24H,3-18H2,1-2H3. The molecule has 1 heteroatoms. The maximum Gasteiger partial charge on any atom is 0.123 e. The number of hydrogen-bond acceptors (Lipinski definition) is 1. The van der Waals surface area contributed by atoms with E-state index in [1.807, 2.05) is 0 Å². The van der Waals surface area contributed by atoms with Gasteiger partial charge in [0.25, 0.3) is 0 Å². The maximum atomic E-state index is 11.2. The van der Waals surface area contributed by atoms with Gasteiger partial charge in [0, 0.05) is 5.92 Å². The van der Waals surface area contributed by atoms with Crippen molar-refractivity contribution < 1.29 is 4.79 Å². The lowest BCUT2D eigenvalue weighted by molar-refractivity contribution is -0.113. The molecule has 0 aromatic heterocycles. The smallest absolute Gasteiger partial charge is 0.123 e. The Labute approximate surface area is 157 Å². The molecule has 0 amide bonds. The molecule has 5 unspecified atom stereocenters. The van der Waals surface area contributed by atoms with E-state index in [0.717, 1.165) is 24.2 Å². The summed E-state index contributed by atoms with van der Waals surface area (Å²) < 4.78 is 0. The Balaban J connectivity index is 1.39. The van der Waals surface area contributed by atoms with Crippen LogP contribution in [0.1, 0.15) is 117 Å². The van der Waals surface area contributed by atoms with E-state index in [-0.39, 0.29) is 0 Å². The van der Waals surface area contributed by atoms with Gasteiger partial charge in [-0.25, -0.2) is 0 Å². The molecule has 5 atom stereocenters. The topological polar surface area (TPSA) is 17.1 Å². The summed E-state index contributed by atoms with van der Waals surface area (Å²) in [5.41, 5.74) is 0. The number of rotatable bonds is 11. The fourth-order valence-electron chi connectivity index (χ4n) is 5.42. The molecular weight excluding hydrogens is 304 g/mol. The number of unbranched alkanes of at least 4 members (excludes halogenated alkanes) is 6. The molecule has 0 radical (unpaired) electrons. The number of hydrogen-bond donors (Lipinski definition) is 0. The highest BCUT2D eigenvalue weighted by Crippen LogP contribution is 2.36. The Bertz CT molecular complexity index is 350. The van der Waals surface area contributed by atoms with Crippen molar-refractivity contribution >= 4 is 6.29 Å². The molecule has 2 rings (SSSR count). The van der Waals surface area contributed by atoms with E-state index >= 15 is 0 Å². The minimum absolute atomic E-state index is 0.388. The fourth-order valence-corrected chi connectivity index (χ4v) is 5.42. The van der Waals surface area contributed by atoms with Crippen LogP contribution in [0.4, 0.5) is 0 Å². The van der Waals surface area contributed by atoms with Crippen LogP contribution in [-0.4, -0.2) is 6.29 Å². The highest BCUT2D eigenvalue weighted by molar-refractivity contribution is 5.54. The number of carbonyl (C=O) groups excluding carboxylic acids is 1. The second-order valence-electron chi connectivity index (χ2n) is 9.53. The molecule has 2 fully saturated rings. The monoisotopic (exact) mass is 348 g/mol. The molecule has 2 aliphatic rings. The summed E-state index contributed by atoms with van der Waals surface area (Å²) >= 11 is 0. The molecule has 0 aromatic rings. The fraction of sp³-hybridized carbons (Fsp3) is 0.958. The largest absolute Gasteiger partial charge is 0.303 e. The molecule has 2 aliphatic carbocycles. The van der Waals surface area contributed by atoms with Gasteiger partial charge in [-0.1, -0.05) is 90.9 Å². The first kappa shape index (κ1) is 21.0. The van der Waals surface area contributed by atoms with Crippen LogP contribution >= 0.6 is 0 Å². The van der Waals surface area contributed by atoms with Crippen LogP contribution in [0.3, 0.4) is 0 Å². The molecule has 0 heterocycles. The van der Waals surface area contributed by atoms with Crippen molar-refractivity contribution in [1.29, 1.82) is 0 Å². The molecule has 25 heavy (non-hydrogen) atoms. The van der Waals surface area contributed by atoms with Crippen molar-refractivity contribution in [2.24, 2.45) is 29.6 Å². The van der Waals surface area contributed by atoms with Gasteiger partial charge >= 0.3 is 0 Å². The lowest BCUT2D eigenvalue weighted by Crippen LogP contribution is -2.20. The third-order valence-corrected chi connectivity index (χ3v) is 7.54. The Morgan fingerprint density at radius 2 is 1.36 bits per heavy atom. The highest BCUT2D eigenvalue weighted by atomic mass is 16.1. The Morgan fingerprint density at radius 1 is 0.720 bits per heavy atom. The van der Waals surface area contributed by atoms with Crippen LogP contribution in [-0.2, 0) is 4.79 Å². The Morgan fingerprint density at radius 3 is 2.04 bits per heavy atom. The molecule has 0 aliphatic heterocycles. The second kappa shape index (κ2) is 12.1.